The fourth-order valence-electron chi connectivity index (χ4n) is 10.8. The number of rotatable bonds is 75. The highest BCUT2D eigenvalue weighted by Crippen LogP contribution is 2.45. The van der Waals surface area contributed by atoms with Crippen molar-refractivity contribution in [1.82, 2.24) is 0 Å². The van der Waals surface area contributed by atoms with E-state index in [-0.39, 0.29) is 25.7 Å². The Balaban J connectivity index is 5.30. The highest BCUT2D eigenvalue weighted by molar-refractivity contribution is 7.47. The zero-order chi connectivity index (χ0) is 73.2. The van der Waals surface area contributed by atoms with Gasteiger partial charge in [0.05, 0.1) is 26.4 Å². The first-order chi connectivity index (χ1) is 48.7. The summed E-state index contributed by atoms with van der Waals surface area (Å²) in [5.41, 5.74) is 0. The van der Waals surface area contributed by atoms with E-state index in [0.29, 0.717) is 25.7 Å². The number of ether oxygens (including phenoxy) is 4. The summed E-state index contributed by atoms with van der Waals surface area (Å²) in [7, 11) is -9.95. The first-order valence-corrected chi connectivity index (χ1v) is 42.8. The molecule has 0 saturated carbocycles. The van der Waals surface area contributed by atoms with Crippen LogP contribution >= 0.6 is 15.6 Å². The van der Waals surface area contributed by atoms with Crippen LogP contribution in [0.4, 0.5) is 0 Å². The van der Waals surface area contributed by atoms with Crippen LogP contribution in [0.1, 0.15) is 349 Å². The molecule has 0 amide bonds. The van der Waals surface area contributed by atoms with Crippen LogP contribution in [0.2, 0.25) is 0 Å². The van der Waals surface area contributed by atoms with Crippen LogP contribution in [-0.2, 0) is 65.4 Å². The van der Waals surface area contributed by atoms with Gasteiger partial charge in [-0.2, -0.15) is 0 Å². The number of esters is 4. The van der Waals surface area contributed by atoms with Crippen molar-refractivity contribution in [2.75, 3.05) is 39.6 Å². The molecule has 5 unspecified atom stereocenters. The number of phosphoric ester groups is 2. The van der Waals surface area contributed by atoms with Gasteiger partial charge in [-0.3, -0.25) is 37.3 Å². The van der Waals surface area contributed by atoms with Crippen molar-refractivity contribution in [3.63, 3.8) is 0 Å². The first kappa shape index (κ1) is 96.2. The molecule has 0 aromatic carbocycles. The molecule has 5 atom stereocenters. The number of hydrogen-bond donors (Lipinski definition) is 3. The smallest absolute Gasteiger partial charge is 0.462 e. The van der Waals surface area contributed by atoms with Gasteiger partial charge in [0, 0.05) is 25.7 Å². The van der Waals surface area contributed by atoms with Crippen molar-refractivity contribution in [2.24, 2.45) is 0 Å². The molecule has 100 heavy (non-hydrogen) atoms. The summed E-state index contributed by atoms with van der Waals surface area (Å²) in [4.78, 5) is 72.9. The van der Waals surface area contributed by atoms with Crippen LogP contribution in [0.25, 0.3) is 0 Å². The highest BCUT2D eigenvalue weighted by Gasteiger charge is 2.30. The van der Waals surface area contributed by atoms with Crippen LogP contribution in [0.3, 0.4) is 0 Å². The van der Waals surface area contributed by atoms with Crippen LogP contribution in [0.5, 0.6) is 0 Å². The molecule has 0 spiro atoms. The zero-order valence-electron chi connectivity index (χ0n) is 63.4. The largest absolute Gasteiger partial charge is 0.472 e. The fraction of sp³-hybridized carbons (Fsp3) is 0.778. The van der Waals surface area contributed by atoms with E-state index in [4.69, 9.17) is 37.0 Å². The summed E-state index contributed by atoms with van der Waals surface area (Å²) in [5.74, 6) is -2.18. The summed E-state index contributed by atoms with van der Waals surface area (Å²) >= 11 is 0. The number of aliphatic hydroxyl groups excluding tert-OH is 1. The molecule has 0 fully saturated rings. The minimum atomic E-state index is -4.97. The number of carbonyl (C=O) groups excluding carboxylic acids is 4. The summed E-state index contributed by atoms with van der Waals surface area (Å²) in [6.45, 7) is 4.64. The standard InChI is InChI=1S/C81H144O17P2/c1-5-9-13-17-21-25-29-32-35-37-40-42-46-49-53-57-61-65-78(83)91-71-76(97-80(85)67-63-59-55-51-45-28-24-20-16-12-8-4)73-95-99(87,88)93-69-75(82)70-94-100(89,90)96-74-77(98-81(86)68-64-60-56-52-48-44-39-34-31-27-23-19-15-11-7-3)72-92-79(84)66-62-58-54-50-47-43-41-38-36-33-30-26-22-18-14-10-6-2/h9-10,13-14,20-22,24-26,32-33,35-36,75-77,82H,5-8,11-12,15-19,23,27-31,34,37-74H2,1-4H3,(H,87,88)(H,89,90)/b13-9-,14-10-,24-20-,25-21-,26-22-,35-32-,36-33-. The molecule has 17 nitrogen and oxygen atoms in total. The van der Waals surface area contributed by atoms with Crippen LogP contribution in [-0.4, -0.2) is 96.7 Å². The van der Waals surface area contributed by atoms with E-state index in [0.717, 1.165) is 193 Å². The Labute approximate surface area is 608 Å². The van der Waals surface area contributed by atoms with Crippen LogP contribution in [0, 0.1) is 0 Å². The lowest BCUT2D eigenvalue weighted by molar-refractivity contribution is -0.161. The lowest BCUT2D eigenvalue weighted by Gasteiger charge is -2.21. The molecule has 0 aliphatic carbocycles. The molecule has 0 aliphatic heterocycles. The van der Waals surface area contributed by atoms with E-state index in [2.05, 4.69) is 113 Å². The van der Waals surface area contributed by atoms with Gasteiger partial charge in [-0.1, -0.05) is 299 Å². The number of phosphoric acid groups is 2. The lowest BCUT2D eigenvalue weighted by atomic mass is 10.0. The van der Waals surface area contributed by atoms with Gasteiger partial charge < -0.3 is 33.8 Å². The predicted molar refractivity (Wildman–Crippen MR) is 409 cm³/mol. The van der Waals surface area contributed by atoms with E-state index in [1.165, 1.54) is 77.0 Å². The van der Waals surface area contributed by atoms with Crippen molar-refractivity contribution in [3.05, 3.63) is 85.1 Å². The second kappa shape index (κ2) is 73.5. The Morgan fingerprint density at radius 3 is 0.840 bits per heavy atom. The third kappa shape index (κ3) is 72.6. The molecule has 0 bridgehead atoms. The monoisotopic (exact) mass is 1450 g/mol. The second-order valence-corrected chi connectivity index (χ2v) is 29.5. The van der Waals surface area contributed by atoms with E-state index >= 15 is 0 Å². The summed E-state index contributed by atoms with van der Waals surface area (Å²) in [6.07, 6.45) is 75.6. The molecule has 0 heterocycles. The normalized spacial score (nSPS) is 14.3. The SMILES string of the molecule is CC/C=C\C/C=C\C/C=C\CCCCCCCCCC(=O)OCC(COP(=O)(O)OCC(O)COP(=O)(O)OCC(COC(=O)CCCCCCCCC/C=C\C/C=C\C/C=C\CC)OC(=O)CCCCCCCCCCCCCCCCC)OC(=O)CCCCCCC/C=C\CCCC. The maximum Gasteiger partial charge on any atom is 0.472 e. The molecule has 580 valence electrons. The molecular formula is C81H144O17P2. The van der Waals surface area contributed by atoms with Crippen molar-refractivity contribution >= 4 is 39.5 Å². The molecule has 0 aromatic rings. The number of unbranched alkanes of at least 4 members (excludes halogenated alkanes) is 35. The minimum Gasteiger partial charge on any atom is -0.462 e. The lowest BCUT2D eigenvalue weighted by Crippen LogP contribution is -2.30. The summed E-state index contributed by atoms with van der Waals surface area (Å²) in [5, 5.41) is 10.6. The van der Waals surface area contributed by atoms with Crippen molar-refractivity contribution in [3.8, 4) is 0 Å². The number of carbonyl (C=O) groups is 4. The van der Waals surface area contributed by atoms with Crippen LogP contribution in [0.15, 0.2) is 85.1 Å². The van der Waals surface area contributed by atoms with E-state index < -0.39 is 97.5 Å². The summed E-state index contributed by atoms with van der Waals surface area (Å²) < 4.78 is 68.6. The predicted octanol–water partition coefficient (Wildman–Crippen LogP) is 23.0. The van der Waals surface area contributed by atoms with Crippen molar-refractivity contribution in [2.45, 2.75) is 367 Å². The Kier molecular flexibility index (Phi) is 70.8. The maximum atomic E-state index is 13.1. The third-order valence-corrected chi connectivity index (χ3v) is 18.8. The van der Waals surface area contributed by atoms with E-state index in [1.807, 2.05) is 0 Å². The number of aliphatic hydroxyl groups is 1. The Morgan fingerprint density at radius 2 is 0.530 bits per heavy atom. The van der Waals surface area contributed by atoms with E-state index in [1.54, 1.807) is 0 Å². The van der Waals surface area contributed by atoms with Gasteiger partial charge in [-0.05, 0) is 109 Å². The summed E-state index contributed by atoms with van der Waals surface area (Å²) in [6, 6.07) is 0. The van der Waals surface area contributed by atoms with E-state index in [9.17, 15) is 43.2 Å². The Morgan fingerprint density at radius 1 is 0.290 bits per heavy atom. The fourth-order valence-corrected chi connectivity index (χ4v) is 12.4. The topological polar surface area (TPSA) is 237 Å². The number of hydrogen-bond acceptors (Lipinski definition) is 15. The van der Waals surface area contributed by atoms with Gasteiger partial charge in [0.1, 0.15) is 19.3 Å². The Hall–Kier alpha value is -3.76. The minimum absolute atomic E-state index is 0.0839. The van der Waals surface area contributed by atoms with Gasteiger partial charge in [0.2, 0.25) is 0 Å². The quantitative estimate of drug-likeness (QED) is 0.0169. The van der Waals surface area contributed by atoms with Crippen molar-refractivity contribution in [1.29, 1.82) is 0 Å². The molecular weight excluding hydrogens is 1310 g/mol. The average Bonchev–Trinajstić information content (AvgIpc) is 0.989. The van der Waals surface area contributed by atoms with Gasteiger partial charge in [-0.25, -0.2) is 9.13 Å². The van der Waals surface area contributed by atoms with Gasteiger partial charge >= 0.3 is 39.5 Å². The molecule has 19 heteroatoms. The van der Waals surface area contributed by atoms with Crippen molar-refractivity contribution < 1.29 is 80.2 Å². The molecule has 0 rings (SSSR count). The van der Waals surface area contributed by atoms with Gasteiger partial charge in [-0.15, -0.1) is 0 Å². The Bertz CT molecular complexity index is 2230. The highest BCUT2D eigenvalue weighted by atomic mass is 31.2. The molecule has 3 N–H and O–H groups in total. The first-order valence-electron chi connectivity index (χ1n) is 39.8. The molecule has 0 aliphatic rings. The van der Waals surface area contributed by atoms with Gasteiger partial charge in [0.15, 0.2) is 12.2 Å². The van der Waals surface area contributed by atoms with Crippen LogP contribution < -0.4 is 0 Å². The molecule has 0 saturated heterocycles. The van der Waals surface area contributed by atoms with Gasteiger partial charge in [0.25, 0.3) is 0 Å². The maximum absolute atomic E-state index is 13.1. The zero-order valence-corrected chi connectivity index (χ0v) is 65.2. The molecule has 0 radical (unpaired) electrons. The third-order valence-electron chi connectivity index (χ3n) is 16.9. The second-order valence-electron chi connectivity index (χ2n) is 26.6. The average molecular weight is 1450 g/mol. The molecule has 0 aromatic heterocycles. The number of allylic oxidation sites excluding steroid dienone is 14.